The highest BCUT2D eigenvalue weighted by molar-refractivity contribution is 6.00. The fourth-order valence-electron chi connectivity index (χ4n) is 3.77. The fraction of sp³-hybridized carbons (Fsp3) is 0.192. The van der Waals surface area contributed by atoms with E-state index < -0.39 is 23.9 Å². The summed E-state index contributed by atoms with van der Waals surface area (Å²) in [6.07, 6.45) is 1.25. The van der Waals surface area contributed by atoms with Crippen LogP contribution in [0.15, 0.2) is 54.7 Å². The molecular formula is C26H24N4O7. The molecule has 190 valence electrons. The molecule has 0 fully saturated rings. The molecule has 2 aromatic carbocycles. The topological polar surface area (TPSA) is 153 Å². The summed E-state index contributed by atoms with van der Waals surface area (Å²) in [6.45, 7) is 0. The Morgan fingerprint density at radius 2 is 1.84 bits per heavy atom. The normalized spacial score (nSPS) is 11.5. The van der Waals surface area contributed by atoms with Gasteiger partial charge in [-0.15, -0.1) is 0 Å². The SMILES string of the molecule is COC(=O)CC(NC(=O)c1ccc2[nH]c(-c3cc(-c4cccnc4OC)ccc3O)nc2c1)C(=O)OC. The first-order chi connectivity index (χ1) is 17.8. The fourth-order valence-corrected chi connectivity index (χ4v) is 3.77. The van der Waals surface area contributed by atoms with Crippen molar-refractivity contribution in [1.29, 1.82) is 0 Å². The monoisotopic (exact) mass is 504 g/mol. The quantitative estimate of drug-likeness (QED) is 0.307. The van der Waals surface area contributed by atoms with Gasteiger partial charge in [0.05, 0.1) is 44.3 Å². The lowest BCUT2D eigenvalue weighted by Crippen LogP contribution is -2.43. The van der Waals surface area contributed by atoms with E-state index in [1.165, 1.54) is 20.3 Å². The van der Waals surface area contributed by atoms with Crippen LogP contribution in [0.25, 0.3) is 33.5 Å². The third kappa shape index (κ3) is 5.35. The van der Waals surface area contributed by atoms with Crippen molar-refractivity contribution in [2.24, 2.45) is 0 Å². The summed E-state index contributed by atoms with van der Waals surface area (Å²) < 4.78 is 14.6. The van der Waals surface area contributed by atoms with Crippen molar-refractivity contribution in [1.82, 2.24) is 20.3 Å². The molecule has 0 spiro atoms. The Morgan fingerprint density at radius 3 is 2.57 bits per heavy atom. The minimum Gasteiger partial charge on any atom is -0.507 e. The number of phenols is 1. The molecule has 4 aromatic rings. The molecule has 3 N–H and O–H groups in total. The van der Waals surface area contributed by atoms with Gasteiger partial charge in [-0.3, -0.25) is 9.59 Å². The first-order valence-electron chi connectivity index (χ1n) is 11.1. The number of hydrogen-bond donors (Lipinski definition) is 3. The summed E-state index contributed by atoms with van der Waals surface area (Å²) in [5, 5.41) is 13.0. The summed E-state index contributed by atoms with van der Waals surface area (Å²) >= 11 is 0. The lowest BCUT2D eigenvalue weighted by Gasteiger charge is -2.15. The van der Waals surface area contributed by atoms with Crippen molar-refractivity contribution in [3.05, 3.63) is 60.3 Å². The van der Waals surface area contributed by atoms with Crippen LogP contribution in [-0.4, -0.2) is 65.3 Å². The Morgan fingerprint density at radius 1 is 1.03 bits per heavy atom. The van der Waals surface area contributed by atoms with E-state index in [1.54, 1.807) is 42.6 Å². The zero-order valence-corrected chi connectivity index (χ0v) is 20.3. The molecule has 0 aliphatic carbocycles. The molecule has 0 aliphatic rings. The number of aromatic amines is 1. The molecule has 1 amide bonds. The molecule has 2 heterocycles. The van der Waals surface area contributed by atoms with E-state index in [2.05, 4.69) is 29.7 Å². The molecule has 0 saturated heterocycles. The number of aromatic nitrogens is 3. The molecule has 1 unspecified atom stereocenters. The minimum atomic E-state index is -1.21. The number of phenolic OH excluding ortho intramolecular Hbond substituents is 1. The number of methoxy groups -OCH3 is 3. The first-order valence-corrected chi connectivity index (χ1v) is 11.1. The number of esters is 2. The number of carbonyl (C=O) groups is 3. The van der Waals surface area contributed by atoms with Crippen LogP contribution in [0.4, 0.5) is 0 Å². The number of amides is 1. The van der Waals surface area contributed by atoms with Crippen molar-refractivity contribution in [3.63, 3.8) is 0 Å². The van der Waals surface area contributed by atoms with Gasteiger partial charge in [-0.1, -0.05) is 6.07 Å². The van der Waals surface area contributed by atoms with Gasteiger partial charge in [0.1, 0.15) is 17.6 Å². The first kappa shape index (κ1) is 25.2. The molecule has 2 aromatic heterocycles. The molecule has 1 atom stereocenters. The van der Waals surface area contributed by atoms with Crippen molar-refractivity contribution in [3.8, 4) is 34.1 Å². The number of nitrogens with zero attached hydrogens (tertiary/aromatic N) is 2. The highest BCUT2D eigenvalue weighted by Gasteiger charge is 2.26. The Bertz CT molecular complexity index is 1480. The predicted molar refractivity (Wildman–Crippen MR) is 133 cm³/mol. The highest BCUT2D eigenvalue weighted by Crippen LogP contribution is 2.35. The van der Waals surface area contributed by atoms with Crippen LogP contribution in [-0.2, 0) is 19.1 Å². The molecule has 0 aliphatic heterocycles. The molecule has 11 nitrogen and oxygen atoms in total. The number of H-pyrrole nitrogens is 1. The van der Waals surface area contributed by atoms with Gasteiger partial charge in [0.2, 0.25) is 5.88 Å². The number of nitrogens with one attached hydrogen (secondary N) is 2. The number of fused-ring (bicyclic) bond motifs is 1. The smallest absolute Gasteiger partial charge is 0.328 e. The van der Waals surface area contributed by atoms with Crippen LogP contribution < -0.4 is 10.1 Å². The average molecular weight is 504 g/mol. The van der Waals surface area contributed by atoms with Crippen LogP contribution in [0.2, 0.25) is 0 Å². The number of benzene rings is 2. The Hall–Kier alpha value is -4.93. The van der Waals surface area contributed by atoms with E-state index in [-0.39, 0.29) is 17.7 Å². The molecular weight excluding hydrogens is 480 g/mol. The Balaban J connectivity index is 1.64. The van der Waals surface area contributed by atoms with Crippen LogP contribution in [0.5, 0.6) is 11.6 Å². The standard InChI is InChI=1S/C26H24N4O7/c1-35-22(32)13-20(26(34)37-3)30-24(33)15-6-8-18-19(12-15)29-23(28-18)17-11-14(7-9-21(17)31)16-5-4-10-27-25(16)36-2/h4-12,20,31H,13H2,1-3H3,(H,28,29)(H,30,33). The van der Waals surface area contributed by atoms with Crippen molar-refractivity contribution < 1.29 is 33.7 Å². The minimum absolute atomic E-state index is 0.00681. The second-order valence-corrected chi connectivity index (χ2v) is 7.94. The second kappa shape index (κ2) is 10.8. The second-order valence-electron chi connectivity index (χ2n) is 7.94. The number of rotatable bonds is 8. The maximum Gasteiger partial charge on any atom is 0.328 e. The Labute approximate surface area is 211 Å². The lowest BCUT2D eigenvalue weighted by molar-refractivity contribution is -0.149. The largest absolute Gasteiger partial charge is 0.507 e. The number of imidazole rings is 1. The summed E-state index contributed by atoms with van der Waals surface area (Å²) in [5.41, 5.74) is 3.23. The zero-order valence-electron chi connectivity index (χ0n) is 20.3. The van der Waals surface area contributed by atoms with Gasteiger partial charge in [0.15, 0.2) is 0 Å². The molecule has 37 heavy (non-hydrogen) atoms. The molecule has 0 radical (unpaired) electrons. The third-order valence-corrected chi connectivity index (χ3v) is 5.66. The van der Waals surface area contributed by atoms with Crippen molar-refractivity contribution in [2.75, 3.05) is 21.3 Å². The predicted octanol–water partition coefficient (Wildman–Crippen LogP) is 2.84. The van der Waals surface area contributed by atoms with Gasteiger partial charge in [0.25, 0.3) is 5.91 Å². The van der Waals surface area contributed by atoms with Gasteiger partial charge in [-0.2, -0.15) is 0 Å². The van der Waals surface area contributed by atoms with Gasteiger partial charge in [0, 0.05) is 17.3 Å². The van der Waals surface area contributed by atoms with Gasteiger partial charge in [-0.05, 0) is 48.0 Å². The number of carbonyl (C=O) groups excluding carboxylic acids is 3. The van der Waals surface area contributed by atoms with E-state index in [1.807, 2.05) is 6.07 Å². The third-order valence-electron chi connectivity index (χ3n) is 5.66. The zero-order chi connectivity index (χ0) is 26.5. The summed E-state index contributed by atoms with van der Waals surface area (Å²) in [6, 6.07) is 12.2. The maximum absolute atomic E-state index is 12.8. The Kier molecular flexibility index (Phi) is 7.33. The van der Waals surface area contributed by atoms with Crippen LogP contribution >= 0.6 is 0 Å². The number of pyridine rings is 1. The van der Waals surface area contributed by atoms with E-state index in [0.29, 0.717) is 28.3 Å². The number of ether oxygens (including phenoxy) is 3. The maximum atomic E-state index is 12.8. The molecule has 11 heteroatoms. The van der Waals surface area contributed by atoms with Crippen LogP contribution in [0.1, 0.15) is 16.8 Å². The number of aromatic hydroxyl groups is 1. The van der Waals surface area contributed by atoms with Crippen LogP contribution in [0.3, 0.4) is 0 Å². The average Bonchev–Trinajstić information content (AvgIpc) is 3.35. The molecule has 0 bridgehead atoms. The molecule has 0 saturated carbocycles. The van der Waals surface area contributed by atoms with E-state index in [9.17, 15) is 19.5 Å². The van der Waals surface area contributed by atoms with Gasteiger partial charge in [-0.25, -0.2) is 14.8 Å². The van der Waals surface area contributed by atoms with Crippen LogP contribution in [0, 0.1) is 0 Å². The number of hydrogen-bond acceptors (Lipinski definition) is 9. The molecule has 4 rings (SSSR count). The van der Waals surface area contributed by atoms with E-state index >= 15 is 0 Å². The van der Waals surface area contributed by atoms with Gasteiger partial charge >= 0.3 is 11.9 Å². The summed E-state index contributed by atoms with van der Waals surface area (Å²) in [4.78, 5) is 48.4. The van der Waals surface area contributed by atoms with Crippen molar-refractivity contribution in [2.45, 2.75) is 12.5 Å². The van der Waals surface area contributed by atoms with E-state index in [4.69, 9.17) is 4.74 Å². The van der Waals surface area contributed by atoms with Crippen molar-refractivity contribution >= 4 is 28.9 Å². The summed E-state index contributed by atoms with van der Waals surface area (Å²) in [7, 11) is 3.87. The van der Waals surface area contributed by atoms with E-state index in [0.717, 1.165) is 18.2 Å². The summed E-state index contributed by atoms with van der Waals surface area (Å²) in [5.74, 6) is -1.21. The highest BCUT2D eigenvalue weighted by atomic mass is 16.5. The van der Waals surface area contributed by atoms with Gasteiger partial charge < -0.3 is 29.6 Å². The lowest BCUT2D eigenvalue weighted by atomic mass is 10.0.